The van der Waals surface area contributed by atoms with E-state index in [0.717, 1.165) is 12.8 Å². The minimum atomic E-state index is -0.360. The van der Waals surface area contributed by atoms with Crippen LogP contribution in [0.2, 0.25) is 0 Å². The van der Waals surface area contributed by atoms with Crippen LogP contribution < -0.4 is 10.1 Å². The Morgan fingerprint density at radius 3 is 2.95 bits per heavy atom. The van der Waals surface area contributed by atoms with Crippen molar-refractivity contribution >= 4 is 11.9 Å². The summed E-state index contributed by atoms with van der Waals surface area (Å²) < 4.78 is 16.1. The van der Waals surface area contributed by atoms with Crippen molar-refractivity contribution in [3.8, 4) is 5.75 Å². The minimum absolute atomic E-state index is 0.0576. The number of aromatic nitrogens is 2. The maximum Gasteiger partial charge on any atom is 0.322 e. The fourth-order valence-corrected chi connectivity index (χ4v) is 2.01. The lowest BCUT2D eigenvalue weighted by Gasteiger charge is -2.04. The summed E-state index contributed by atoms with van der Waals surface area (Å²) in [6, 6.07) is 9.14. The highest BCUT2D eigenvalue weighted by molar-refractivity contribution is 5.89. The van der Waals surface area contributed by atoms with Crippen LogP contribution in [0.5, 0.6) is 5.75 Å². The summed E-state index contributed by atoms with van der Waals surface area (Å²) in [7, 11) is 0. The lowest BCUT2D eigenvalue weighted by molar-refractivity contribution is -0.118. The van der Waals surface area contributed by atoms with Crippen LogP contribution in [-0.2, 0) is 9.53 Å². The average Bonchev–Trinajstić information content (AvgIpc) is 3.17. The number of hydrogen-bond acceptors (Lipinski definition) is 6. The molecule has 3 rings (SSSR count). The SMILES string of the molecule is O=C(COc1ccccc1)Nc1nnc([C@H]2CCCO2)o1. The fraction of sp³-hybridized carbons (Fsp3) is 0.357. The van der Waals surface area contributed by atoms with E-state index in [-0.39, 0.29) is 24.6 Å². The maximum absolute atomic E-state index is 11.7. The van der Waals surface area contributed by atoms with Gasteiger partial charge in [-0.05, 0) is 25.0 Å². The molecule has 2 heterocycles. The molecule has 0 radical (unpaired) electrons. The second-order valence-corrected chi connectivity index (χ2v) is 4.60. The number of amides is 1. The molecule has 2 aromatic rings. The van der Waals surface area contributed by atoms with Crippen molar-refractivity contribution in [1.82, 2.24) is 10.2 Å². The van der Waals surface area contributed by atoms with Crippen LogP contribution in [0.1, 0.15) is 24.8 Å². The largest absolute Gasteiger partial charge is 0.484 e. The Morgan fingerprint density at radius 2 is 2.19 bits per heavy atom. The third-order valence-electron chi connectivity index (χ3n) is 3.01. The van der Waals surface area contributed by atoms with E-state index >= 15 is 0 Å². The first kappa shape index (κ1) is 13.6. The van der Waals surface area contributed by atoms with Gasteiger partial charge in [0.15, 0.2) is 6.61 Å². The lowest BCUT2D eigenvalue weighted by Crippen LogP contribution is -2.20. The normalized spacial score (nSPS) is 17.6. The number of anilines is 1. The van der Waals surface area contributed by atoms with Gasteiger partial charge in [-0.15, -0.1) is 5.10 Å². The van der Waals surface area contributed by atoms with E-state index in [4.69, 9.17) is 13.9 Å². The molecule has 7 heteroatoms. The summed E-state index contributed by atoms with van der Waals surface area (Å²) in [4.78, 5) is 11.7. The minimum Gasteiger partial charge on any atom is -0.484 e. The smallest absolute Gasteiger partial charge is 0.322 e. The molecule has 21 heavy (non-hydrogen) atoms. The van der Waals surface area contributed by atoms with E-state index in [1.165, 1.54) is 0 Å². The zero-order chi connectivity index (χ0) is 14.5. The van der Waals surface area contributed by atoms with Crippen molar-refractivity contribution in [3.63, 3.8) is 0 Å². The van der Waals surface area contributed by atoms with E-state index in [1.54, 1.807) is 12.1 Å². The van der Waals surface area contributed by atoms with Gasteiger partial charge in [0.25, 0.3) is 5.91 Å². The highest BCUT2D eigenvalue weighted by atomic mass is 16.5. The van der Waals surface area contributed by atoms with Crippen LogP contribution in [0.25, 0.3) is 0 Å². The second kappa shape index (κ2) is 6.36. The number of nitrogens with zero attached hydrogens (tertiary/aromatic N) is 2. The van der Waals surface area contributed by atoms with E-state index in [2.05, 4.69) is 15.5 Å². The van der Waals surface area contributed by atoms with Crippen molar-refractivity contribution in [2.75, 3.05) is 18.5 Å². The molecule has 1 aliphatic rings. The predicted octanol–water partition coefficient (Wildman–Crippen LogP) is 1.94. The molecule has 0 unspecified atom stereocenters. The van der Waals surface area contributed by atoms with Gasteiger partial charge in [-0.25, -0.2) is 0 Å². The molecule has 0 bridgehead atoms. The van der Waals surface area contributed by atoms with Crippen LogP contribution >= 0.6 is 0 Å². The van der Waals surface area contributed by atoms with Gasteiger partial charge in [0.05, 0.1) is 0 Å². The highest BCUT2D eigenvalue weighted by Crippen LogP contribution is 2.27. The molecule has 1 saturated heterocycles. The summed E-state index contributed by atoms with van der Waals surface area (Å²) in [6.07, 6.45) is 1.66. The Kier molecular flexibility index (Phi) is 4.11. The molecule has 1 aliphatic heterocycles. The number of ether oxygens (including phenoxy) is 2. The zero-order valence-electron chi connectivity index (χ0n) is 11.3. The van der Waals surface area contributed by atoms with Crippen molar-refractivity contribution in [1.29, 1.82) is 0 Å². The summed E-state index contributed by atoms with van der Waals surface area (Å²) in [5.41, 5.74) is 0. The summed E-state index contributed by atoms with van der Waals surface area (Å²) in [6.45, 7) is 0.571. The van der Waals surface area contributed by atoms with Crippen LogP contribution in [0.4, 0.5) is 6.01 Å². The molecule has 1 fully saturated rings. The molecule has 1 aromatic heterocycles. The van der Waals surface area contributed by atoms with E-state index in [0.29, 0.717) is 18.2 Å². The quantitative estimate of drug-likeness (QED) is 0.905. The van der Waals surface area contributed by atoms with E-state index < -0.39 is 0 Å². The topological polar surface area (TPSA) is 86.5 Å². The Morgan fingerprint density at radius 1 is 1.33 bits per heavy atom. The molecule has 1 amide bonds. The van der Waals surface area contributed by atoms with Crippen molar-refractivity contribution in [2.45, 2.75) is 18.9 Å². The summed E-state index contributed by atoms with van der Waals surface area (Å²) in [5.74, 6) is 0.659. The van der Waals surface area contributed by atoms with Gasteiger partial charge in [-0.1, -0.05) is 23.3 Å². The standard InChI is InChI=1S/C14H15N3O4/c18-12(9-20-10-5-2-1-3-6-10)15-14-17-16-13(21-14)11-7-4-8-19-11/h1-3,5-6,11H,4,7-9H2,(H,15,17,18)/t11-/m1/s1. The molecule has 1 N–H and O–H groups in total. The first-order valence-corrected chi connectivity index (χ1v) is 6.74. The van der Waals surface area contributed by atoms with Gasteiger partial charge in [0, 0.05) is 6.61 Å². The van der Waals surface area contributed by atoms with Crippen molar-refractivity contribution in [2.24, 2.45) is 0 Å². The molecule has 110 valence electrons. The molecular weight excluding hydrogens is 274 g/mol. The van der Waals surface area contributed by atoms with Crippen molar-refractivity contribution < 1.29 is 18.7 Å². The predicted molar refractivity (Wildman–Crippen MR) is 72.8 cm³/mol. The van der Waals surface area contributed by atoms with Gasteiger partial charge in [-0.3, -0.25) is 10.1 Å². The Bertz CT molecular complexity index is 593. The van der Waals surface area contributed by atoms with E-state index in [9.17, 15) is 4.79 Å². The van der Waals surface area contributed by atoms with Gasteiger partial charge < -0.3 is 13.9 Å². The lowest BCUT2D eigenvalue weighted by atomic mass is 10.2. The Hall–Kier alpha value is -2.41. The molecule has 1 aromatic carbocycles. The number of benzene rings is 1. The van der Waals surface area contributed by atoms with E-state index in [1.807, 2.05) is 18.2 Å². The molecule has 0 spiro atoms. The Balaban J connectivity index is 1.50. The first-order valence-electron chi connectivity index (χ1n) is 6.74. The van der Waals surface area contributed by atoms with Crippen LogP contribution in [0, 0.1) is 0 Å². The third kappa shape index (κ3) is 3.57. The van der Waals surface area contributed by atoms with Gasteiger partial charge in [0.2, 0.25) is 5.89 Å². The zero-order valence-corrected chi connectivity index (χ0v) is 11.3. The molecule has 7 nitrogen and oxygen atoms in total. The third-order valence-corrected chi connectivity index (χ3v) is 3.01. The summed E-state index contributed by atoms with van der Waals surface area (Å²) >= 11 is 0. The average molecular weight is 289 g/mol. The number of hydrogen-bond donors (Lipinski definition) is 1. The second-order valence-electron chi connectivity index (χ2n) is 4.60. The molecule has 0 saturated carbocycles. The van der Waals surface area contributed by atoms with Crippen molar-refractivity contribution in [3.05, 3.63) is 36.2 Å². The van der Waals surface area contributed by atoms with Gasteiger partial charge in [-0.2, -0.15) is 0 Å². The number of nitrogens with one attached hydrogen (secondary N) is 1. The molecule has 0 aliphatic carbocycles. The Labute approximate surface area is 121 Å². The maximum atomic E-state index is 11.7. The molecule has 1 atom stereocenters. The highest BCUT2D eigenvalue weighted by Gasteiger charge is 2.24. The number of carbonyl (C=O) groups is 1. The van der Waals surface area contributed by atoms with Gasteiger partial charge in [0.1, 0.15) is 11.9 Å². The van der Waals surface area contributed by atoms with Crippen LogP contribution in [0.15, 0.2) is 34.7 Å². The monoisotopic (exact) mass is 289 g/mol. The van der Waals surface area contributed by atoms with Gasteiger partial charge >= 0.3 is 6.01 Å². The molecular formula is C14H15N3O4. The summed E-state index contributed by atoms with van der Waals surface area (Å²) in [5, 5.41) is 10.1. The van der Waals surface area contributed by atoms with Crippen LogP contribution in [-0.4, -0.2) is 29.3 Å². The fourth-order valence-electron chi connectivity index (χ4n) is 2.01. The van der Waals surface area contributed by atoms with Crippen LogP contribution in [0.3, 0.4) is 0 Å². The number of rotatable bonds is 5. The first-order chi connectivity index (χ1) is 10.3. The number of para-hydroxylation sites is 1. The number of carbonyl (C=O) groups excluding carboxylic acids is 1.